The molecule has 18 heavy (non-hydrogen) atoms. The number of hydrogen-bond donors (Lipinski definition) is 0. The predicted octanol–water partition coefficient (Wildman–Crippen LogP) is 0.575. The molecule has 1 unspecified atom stereocenters. The number of ether oxygens (including phenoxy) is 1. The van der Waals surface area contributed by atoms with E-state index in [-0.39, 0.29) is 23.5 Å². The zero-order valence-corrected chi connectivity index (χ0v) is 10.2. The highest BCUT2D eigenvalue weighted by Crippen LogP contribution is 2.45. The Balaban J connectivity index is 2.28. The third-order valence-corrected chi connectivity index (χ3v) is 5.35. The monoisotopic (exact) mass is 266 g/mol. The molecule has 2 heterocycles. The van der Waals surface area contributed by atoms with Gasteiger partial charge < -0.3 is 4.74 Å². The Kier molecular flexibility index (Phi) is 2.16. The quantitative estimate of drug-likeness (QED) is 0.507. The number of esters is 2. The number of sulfone groups is 1. The summed E-state index contributed by atoms with van der Waals surface area (Å²) in [5.74, 6) is -1.35. The van der Waals surface area contributed by atoms with Crippen LogP contribution < -0.4 is 0 Å². The van der Waals surface area contributed by atoms with Gasteiger partial charge in [-0.3, -0.25) is 9.59 Å². The molecule has 0 bridgehead atoms. The molecule has 0 aromatic heterocycles. The Labute approximate surface area is 104 Å². The average molecular weight is 266 g/mol. The van der Waals surface area contributed by atoms with Crippen LogP contribution in [0.2, 0.25) is 0 Å². The van der Waals surface area contributed by atoms with Crippen LogP contribution in [0.25, 0.3) is 0 Å². The Hall–Kier alpha value is -1.69. The minimum atomic E-state index is -3.37. The fourth-order valence-electron chi connectivity index (χ4n) is 2.64. The van der Waals surface area contributed by atoms with E-state index in [1.54, 1.807) is 18.2 Å². The molecule has 0 radical (unpaired) electrons. The lowest BCUT2D eigenvalue weighted by Crippen LogP contribution is -2.39. The summed E-state index contributed by atoms with van der Waals surface area (Å²) in [6.45, 7) is 0. The smallest absolute Gasteiger partial charge is 0.324 e. The third kappa shape index (κ3) is 1.35. The summed E-state index contributed by atoms with van der Waals surface area (Å²) in [5.41, 5.74) is -0.703. The SMILES string of the molecule is O=C1CC2(CCS(=O)(=O)c3ccccc32)C(=O)O1. The molecular weight excluding hydrogens is 256 g/mol. The van der Waals surface area contributed by atoms with Crippen LogP contribution in [0.3, 0.4) is 0 Å². The van der Waals surface area contributed by atoms with Gasteiger partial charge in [0, 0.05) is 0 Å². The first-order valence-corrected chi connectivity index (χ1v) is 7.18. The van der Waals surface area contributed by atoms with E-state index in [0.29, 0.717) is 5.56 Å². The van der Waals surface area contributed by atoms with Gasteiger partial charge in [-0.2, -0.15) is 0 Å². The van der Waals surface area contributed by atoms with Gasteiger partial charge in [-0.25, -0.2) is 8.42 Å². The third-order valence-electron chi connectivity index (χ3n) is 3.58. The second-order valence-corrected chi connectivity index (χ2v) is 6.66. The van der Waals surface area contributed by atoms with Crippen molar-refractivity contribution in [3.63, 3.8) is 0 Å². The Bertz CT molecular complexity index is 661. The number of rotatable bonds is 0. The second kappa shape index (κ2) is 3.41. The highest BCUT2D eigenvalue weighted by molar-refractivity contribution is 7.91. The van der Waals surface area contributed by atoms with Gasteiger partial charge in [-0.05, 0) is 18.1 Å². The van der Waals surface area contributed by atoms with E-state index in [1.165, 1.54) is 6.07 Å². The molecule has 3 rings (SSSR count). The van der Waals surface area contributed by atoms with Crippen LogP contribution in [0, 0.1) is 0 Å². The number of carbonyl (C=O) groups excluding carboxylic acids is 2. The molecule has 6 heteroatoms. The Morgan fingerprint density at radius 3 is 2.56 bits per heavy atom. The normalized spacial score (nSPS) is 29.1. The molecule has 94 valence electrons. The summed E-state index contributed by atoms with van der Waals surface area (Å²) >= 11 is 0. The van der Waals surface area contributed by atoms with Gasteiger partial charge in [-0.15, -0.1) is 0 Å². The van der Waals surface area contributed by atoms with Gasteiger partial charge in [0.05, 0.1) is 17.1 Å². The Morgan fingerprint density at radius 2 is 1.89 bits per heavy atom. The van der Waals surface area contributed by atoms with E-state index in [0.717, 1.165) is 0 Å². The molecule has 0 saturated carbocycles. The van der Waals surface area contributed by atoms with Gasteiger partial charge in [0.1, 0.15) is 5.41 Å². The molecule has 5 nitrogen and oxygen atoms in total. The van der Waals surface area contributed by atoms with Crippen LogP contribution >= 0.6 is 0 Å². The fourth-order valence-corrected chi connectivity index (χ4v) is 4.36. The second-order valence-electron chi connectivity index (χ2n) is 4.59. The van der Waals surface area contributed by atoms with Crippen molar-refractivity contribution in [2.75, 3.05) is 5.75 Å². The van der Waals surface area contributed by atoms with Crippen molar-refractivity contribution in [1.82, 2.24) is 0 Å². The lowest BCUT2D eigenvalue weighted by molar-refractivity contribution is -0.153. The largest absolute Gasteiger partial charge is 0.392 e. The van der Waals surface area contributed by atoms with Crippen LogP contribution in [0.1, 0.15) is 18.4 Å². The maximum absolute atomic E-state index is 12.0. The lowest BCUT2D eigenvalue weighted by Gasteiger charge is -2.30. The van der Waals surface area contributed by atoms with Crippen molar-refractivity contribution in [3.05, 3.63) is 29.8 Å². The zero-order chi connectivity index (χ0) is 13.0. The van der Waals surface area contributed by atoms with Crippen LogP contribution in [-0.2, 0) is 29.6 Å². The molecule has 1 atom stereocenters. The number of cyclic esters (lactones) is 2. The van der Waals surface area contributed by atoms with Crippen molar-refractivity contribution in [1.29, 1.82) is 0 Å². The molecule has 2 aliphatic rings. The van der Waals surface area contributed by atoms with E-state index in [2.05, 4.69) is 4.74 Å². The molecule has 2 aliphatic heterocycles. The van der Waals surface area contributed by atoms with Gasteiger partial charge in [-0.1, -0.05) is 18.2 Å². The first-order valence-electron chi connectivity index (χ1n) is 5.53. The maximum Gasteiger partial charge on any atom is 0.324 e. The summed E-state index contributed by atoms with van der Waals surface area (Å²) in [4.78, 5) is 23.3. The van der Waals surface area contributed by atoms with Crippen LogP contribution in [0.5, 0.6) is 0 Å². The summed E-state index contributed by atoms with van der Waals surface area (Å²) < 4.78 is 28.5. The van der Waals surface area contributed by atoms with E-state index in [9.17, 15) is 18.0 Å². The fraction of sp³-hybridized carbons (Fsp3) is 0.333. The van der Waals surface area contributed by atoms with Gasteiger partial charge >= 0.3 is 11.9 Å². The first kappa shape index (κ1) is 11.4. The van der Waals surface area contributed by atoms with E-state index < -0.39 is 27.2 Å². The number of hydrogen-bond acceptors (Lipinski definition) is 5. The van der Waals surface area contributed by atoms with Crippen molar-refractivity contribution in [2.45, 2.75) is 23.2 Å². The minimum Gasteiger partial charge on any atom is -0.392 e. The number of benzene rings is 1. The van der Waals surface area contributed by atoms with Crippen LogP contribution in [0.4, 0.5) is 0 Å². The molecule has 0 amide bonds. The summed E-state index contributed by atoms with van der Waals surface area (Å²) in [6.07, 6.45) is 0.0370. The van der Waals surface area contributed by atoms with E-state index >= 15 is 0 Å². The molecule has 0 aliphatic carbocycles. The van der Waals surface area contributed by atoms with Crippen molar-refractivity contribution < 1.29 is 22.7 Å². The van der Waals surface area contributed by atoms with Gasteiger partial charge in [0.2, 0.25) is 0 Å². The van der Waals surface area contributed by atoms with Gasteiger partial charge in [0.15, 0.2) is 9.84 Å². The zero-order valence-electron chi connectivity index (χ0n) is 9.38. The summed E-state index contributed by atoms with van der Waals surface area (Å²) in [6, 6.07) is 6.34. The van der Waals surface area contributed by atoms with Crippen LogP contribution in [0.15, 0.2) is 29.2 Å². The molecular formula is C12H10O5S. The highest BCUT2D eigenvalue weighted by atomic mass is 32.2. The van der Waals surface area contributed by atoms with Crippen molar-refractivity contribution in [3.8, 4) is 0 Å². The molecule has 1 spiro atoms. The molecule has 0 N–H and O–H groups in total. The van der Waals surface area contributed by atoms with Crippen LogP contribution in [-0.4, -0.2) is 26.1 Å². The minimum absolute atomic E-state index is 0.0711. The lowest BCUT2D eigenvalue weighted by atomic mass is 9.76. The number of fused-ring (bicyclic) bond motifs is 2. The Morgan fingerprint density at radius 1 is 1.17 bits per heavy atom. The molecule has 1 aromatic carbocycles. The topological polar surface area (TPSA) is 77.5 Å². The predicted molar refractivity (Wildman–Crippen MR) is 60.5 cm³/mol. The molecule has 1 aromatic rings. The first-order chi connectivity index (χ1) is 8.46. The molecule has 1 fully saturated rings. The maximum atomic E-state index is 12.0. The highest BCUT2D eigenvalue weighted by Gasteiger charge is 2.54. The number of carbonyl (C=O) groups is 2. The average Bonchev–Trinajstić information content (AvgIpc) is 2.61. The summed E-state index contributed by atoms with van der Waals surface area (Å²) in [5, 5.41) is 0. The standard InChI is InChI=1S/C12H10O5S/c13-10-7-12(11(14)17-10)5-6-18(15,16)9-4-2-1-3-8(9)12/h1-4H,5-7H2. The molecule has 1 saturated heterocycles. The van der Waals surface area contributed by atoms with Crippen molar-refractivity contribution >= 4 is 21.8 Å². The van der Waals surface area contributed by atoms with E-state index in [1.807, 2.05) is 0 Å². The summed E-state index contributed by atoms with van der Waals surface area (Å²) in [7, 11) is -3.37. The van der Waals surface area contributed by atoms with Gasteiger partial charge in [0.25, 0.3) is 0 Å². The van der Waals surface area contributed by atoms with E-state index in [4.69, 9.17) is 0 Å². The van der Waals surface area contributed by atoms with Crippen molar-refractivity contribution in [2.24, 2.45) is 0 Å².